The Morgan fingerprint density at radius 2 is 1.83 bits per heavy atom. The van der Waals surface area contributed by atoms with Gasteiger partial charge in [0.1, 0.15) is 23.0 Å². The fourth-order valence-corrected chi connectivity index (χ4v) is 4.04. The topological polar surface area (TPSA) is 84.3 Å². The molecule has 0 unspecified atom stereocenters. The molecule has 2 N–H and O–H groups in total. The molecule has 3 heterocycles. The Morgan fingerprint density at radius 1 is 1.08 bits per heavy atom. The normalized spacial score (nSPS) is 13.9. The van der Waals surface area contributed by atoms with Crippen LogP contribution in [0.15, 0.2) is 60.8 Å². The number of hydrogen-bond acceptors (Lipinski definition) is 6. The first-order chi connectivity index (χ1) is 17.2. The molecule has 0 saturated carbocycles. The number of ether oxygens (including phenoxy) is 1. The molecule has 8 nitrogen and oxygen atoms in total. The van der Waals surface area contributed by atoms with E-state index in [0.29, 0.717) is 35.4 Å². The molecule has 1 aliphatic rings. The maximum atomic E-state index is 14.1. The summed E-state index contributed by atoms with van der Waals surface area (Å²) in [5.74, 6) is 2.20. The number of alkyl halides is 1. The van der Waals surface area contributed by atoms with Crippen molar-refractivity contribution in [2.24, 2.45) is 7.05 Å². The van der Waals surface area contributed by atoms with Crippen LogP contribution in [0.1, 0.15) is 25.8 Å². The third-order valence-electron chi connectivity index (χ3n) is 6.23. The second-order valence-electron chi connectivity index (χ2n) is 9.48. The Bertz CT molecular complexity index is 1390. The van der Waals surface area contributed by atoms with Gasteiger partial charge in [-0.15, -0.1) is 0 Å². The van der Waals surface area contributed by atoms with Gasteiger partial charge >= 0.3 is 0 Å². The maximum absolute atomic E-state index is 14.1. The summed E-state index contributed by atoms with van der Waals surface area (Å²) in [6.45, 7) is 5.37. The second-order valence-corrected chi connectivity index (χ2v) is 9.48. The lowest BCUT2D eigenvalue weighted by molar-refractivity contribution is -0.118. The van der Waals surface area contributed by atoms with E-state index in [2.05, 4.69) is 20.5 Å². The van der Waals surface area contributed by atoms with Crippen LogP contribution in [-0.4, -0.2) is 45.0 Å². The zero-order chi connectivity index (χ0) is 25.3. The number of amides is 1. The van der Waals surface area contributed by atoms with Gasteiger partial charge < -0.3 is 19.9 Å². The molecule has 2 aromatic heterocycles. The molecule has 1 fully saturated rings. The van der Waals surface area contributed by atoms with E-state index < -0.39 is 5.67 Å². The van der Waals surface area contributed by atoms with Crippen LogP contribution in [0.4, 0.5) is 21.8 Å². The van der Waals surface area contributed by atoms with Gasteiger partial charge in [-0.3, -0.25) is 9.69 Å². The number of aromatic nitrogens is 3. The number of carbonyl (C=O) groups excluding carboxylic acids is 1. The van der Waals surface area contributed by atoms with E-state index in [1.807, 2.05) is 41.9 Å². The van der Waals surface area contributed by atoms with Crippen molar-refractivity contribution < 1.29 is 13.9 Å². The molecule has 0 spiro atoms. The molecular formula is C27H29FN6O2. The van der Waals surface area contributed by atoms with Crippen molar-refractivity contribution in [3.05, 3.63) is 66.4 Å². The van der Waals surface area contributed by atoms with Crippen LogP contribution in [0.2, 0.25) is 0 Å². The minimum absolute atomic E-state index is 0.0858. The zero-order valence-electron chi connectivity index (χ0n) is 20.6. The SMILES string of the molecule is Cn1c(Nc2ccc(C(C)(C)F)cc2)nc2cc(Oc3ccnc(NC(=O)CN4CCC4)c3)ccc21. The van der Waals surface area contributed by atoms with Gasteiger partial charge in [-0.05, 0) is 69.3 Å². The highest BCUT2D eigenvalue weighted by Crippen LogP contribution is 2.30. The minimum atomic E-state index is -1.39. The van der Waals surface area contributed by atoms with Gasteiger partial charge in [0.05, 0.1) is 17.6 Å². The lowest BCUT2D eigenvalue weighted by Crippen LogP contribution is -2.42. The lowest BCUT2D eigenvalue weighted by Gasteiger charge is -2.29. The van der Waals surface area contributed by atoms with Crippen LogP contribution >= 0.6 is 0 Å². The van der Waals surface area contributed by atoms with Gasteiger partial charge in [-0.25, -0.2) is 14.4 Å². The van der Waals surface area contributed by atoms with Gasteiger partial charge in [0.25, 0.3) is 0 Å². The summed E-state index contributed by atoms with van der Waals surface area (Å²) < 4.78 is 22.1. The first-order valence-electron chi connectivity index (χ1n) is 11.9. The number of nitrogens with one attached hydrogen (secondary N) is 2. The van der Waals surface area contributed by atoms with E-state index in [0.717, 1.165) is 36.2 Å². The number of benzene rings is 2. The molecule has 5 rings (SSSR count). The first-order valence-corrected chi connectivity index (χ1v) is 11.9. The molecule has 1 aliphatic heterocycles. The zero-order valence-corrected chi connectivity index (χ0v) is 20.6. The Hall–Kier alpha value is -3.98. The van der Waals surface area contributed by atoms with Crippen molar-refractivity contribution >= 4 is 34.4 Å². The highest BCUT2D eigenvalue weighted by atomic mass is 19.1. The number of pyridine rings is 1. The molecule has 0 radical (unpaired) electrons. The average Bonchev–Trinajstić information content (AvgIpc) is 3.11. The third kappa shape index (κ3) is 5.31. The van der Waals surface area contributed by atoms with E-state index in [-0.39, 0.29) is 5.91 Å². The van der Waals surface area contributed by atoms with Crippen LogP contribution < -0.4 is 15.4 Å². The summed E-state index contributed by atoms with van der Waals surface area (Å²) in [4.78, 5) is 23.2. The Morgan fingerprint density at radius 3 is 2.53 bits per heavy atom. The quantitative estimate of drug-likeness (QED) is 0.348. The third-order valence-corrected chi connectivity index (χ3v) is 6.23. The molecule has 9 heteroatoms. The van der Waals surface area contributed by atoms with Gasteiger partial charge in [0.2, 0.25) is 11.9 Å². The Balaban J connectivity index is 1.28. The van der Waals surface area contributed by atoms with Crippen LogP contribution in [-0.2, 0) is 17.5 Å². The average molecular weight is 489 g/mol. The summed E-state index contributed by atoms with van der Waals surface area (Å²) in [6.07, 6.45) is 2.74. The number of hydrogen-bond donors (Lipinski definition) is 2. The van der Waals surface area contributed by atoms with Crippen molar-refractivity contribution in [3.8, 4) is 11.5 Å². The number of likely N-dealkylation sites (tertiary alicyclic amines) is 1. The highest BCUT2D eigenvalue weighted by molar-refractivity contribution is 5.91. The molecule has 1 saturated heterocycles. The number of anilines is 3. The maximum Gasteiger partial charge on any atom is 0.239 e. The fourth-order valence-electron chi connectivity index (χ4n) is 4.04. The predicted octanol–water partition coefficient (Wildman–Crippen LogP) is 5.35. The van der Waals surface area contributed by atoms with Gasteiger partial charge in [0, 0.05) is 31.1 Å². The van der Waals surface area contributed by atoms with Gasteiger partial charge in [0.15, 0.2) is 0 Å². The fraction of sp³-hybridized carbons (Fsp3) is 0.296. The summed E-state index contributed by atoms with van der Waals surface area (Å²) in [5, 5.41) is 6.12. The molecule has 1 amide bonds. The van der Waals surface area contributed by atoms with Crippen molar-refractivity contribution in [1.29, 1.82) is 0 Å². The van der Waals surface area contributed by atoms with Crippen molar-refractivity contribution in [3.63, 3.8) is 0 Å². The van der Waals surface area contributed by atoms with Crippen molar-refractivity contribution in [2.75, 3.05) is 30.3 Å². The number of fused-ring (bicyclic) bond motifs is 1. The standard InChI is InChI=1S/C27H29FN6O2/c1-27(2,28)18-5-7-19(8-6-18)30-26-31-22-15-20(9-10-23(22)33(26)3)36-21-11-12-29-24(16-21)32-25(35)17-34-13-4-14-34/h5-12,15-16H,4,13-14,17H2,1-3H3,(H,30,31)(H,29,32,35). The summed E-state index contributed by atoms with van der Waals surface area (Å²) in [6, 6.07) is 16.3. The number of aryl methyl sites for hydroxylation is 1. The number of carbonyl (C=O) groups is 1. The monoisotopic (exact) mass is 488 g/mol. The van der Waals surface area contributed by atoms with Gasteiger partial charge in [-0.1, -0.05) is 12.1 Å². The number of rotatable bonds is 8. The molecule has 186 valence electrons. The summed E-state index contributed by atoms with van der Waals surface area (Å²) in [7, 11) is 1.93. The minimum Gasteiger partial charge on any atom is -0.457 e. The Kier molecular flexibility index (Phi) is 6.32. The second kappa shape index (κ2) is 9.58. The van der Waals surface area contributed by atoms with E-state index in [4.69, 9.17) is 9.72 Å². The lowest BCUT2D eigenvalue weighted by atomic mass is 10.0. The molecule has 0 bridgehead atoms. The molecule has 0 aliphatic carbocycles. The summed E-state index contributed by atoms with van der Waals surface area (Å²) in [5.41, 5.74) is 1.74. The van der Waals surface area contributed by atoms with E-state index in [1.165, 1.54) is 13.8 Å². The van der Waals surface area contributed by atoms with Crippen molar-refractivity contribution in [1.82, 2.24) is 19.4 Å². The van der Waals surface area contributed by atoms with Crippen LogP contribution in [0.3, 0.4) is 0 Å². The summed E-state index contributed by atoms with van der Waals surface area (Å²) >= 11 is 0. The highest BCUT2D eigenvalue weighted by Gasteiger charge is 2.19. The van der Waals surface area contributed by atoms with Gasteiger partial charge in [-0.2, -0.15) is 0 Å². The molecule has 2 aromatic carbocycles. The number of imidazole rings is 1. The van der Waals surface area contributed by atoms with E-state index in [9.17, 15) is 9.18 Å². The van der Waals surface area contributed by atoms with Crippen LogP contribution in [0.25, 0.3) is 11.0 Å². The molecule has 4 aromatic rings. The smallest absolute Gasteiger partial charge is 0.239 e. The van der Waals surface area contributed by atoms with Crippen LogP contribution in [0, 0.1) is 0 Å². The number of halogens is 1. The Labute approximate surface area is 209 Å². The molecule has 0 atom stereocenters. The molecular weight excluding hydrogens is 459 g/mol. The predicted molar refractivity (Wildman–Crippen MR) is 139 cm³/mol. The van der Waals surface area contributed by atoms with E-state index in [1.54, 1.807) is 30.5 Å². The van der Waals surface area contributed by atoms with E-state index >= 15 is 0 Å². The van der Waals surface area contributed by atoms with Crippen molar-refractivity contribution in [2.45, 2.75) is 25.9 Å². The molecule has 36 heavy (non-hydrogen) atoms. The first kappa shape index (κ1) is 23.7. The largest absolute Gasteiger partial charge is 0.457 e. The van der Waals surface area contributed by atoms with Crippen LogP contribution in [0.5, 0.6) is 11.5 Å². The number of nitrogens with zero attached hydrogens (tertiary/aromatic N) is 4.